The molecule has 2 aliphatic heterocycles. The van der Waals surface area contributed by atoms with E-state index in [1.165, 1.54) is 0 Å². The minimum atomic E-state index is -0.0978. The van der Waals surface area contributed by atoms with Crippen molar-refractivity contribution in [2.45, 2.75) is 58.4 Å². The van der Waals surface area contributed by atoms with Gasteiger partial charge >= 0.3 is 6.03 Å². The summed E-state index contributed by atoms with van der Waals surface area (Å²) in [6.45, 7) is 17.2. The summed E-state index contributed by atoms with van der Waals surface area (Å²) in [6, 6.07) is 0.228. The molecule has 0 aromatic rings. The summed E-state index contributed by atoms with van der Waals surface area (Å²) in [5, 5.41) is 6.03. The highest BCUT2D eigenvalue weighted by Gasteiger charge is 2.33. The second-order valence-corrected chi connectivity index (χ2v) is 8.04. The third-order valence-corrected chi connectivity index (χ3v) is 5.18. The van der Waals surface area contributed by atoms with Crippen molar-refractivity contribution >= 4 is 6.03 Å². The summed E-state index contributed by atoms with van der Waals surface area (Å²) >= 11 is 0. The molecule has 146 valence electrons. The summed E-state index contributed by atoms with van der Waals surface area (Å²) in [6.07, 6.45) is 0.456. The van der Waals surface area contributed by atoms with Gasteiger partial charge in [0.1, 0.15) is 0 Å². The van der Waals surface area contributed by atoms with Crippen LogP contribution in [0.5, 0.6) is 0 Å². The van der Waals surface area contributed by atoms with Crippen molar-refractivity contribution in [1.29, 1.82) is 0 Å². The van der Waals surface area contributed by atoms with Crippen LogP contribution < -0.4 is 10.6 Å². The molecule has 0 aromatic heterocycles. The maximum Gasteiger partial charge on any atom is 0.314 e. The monoisotopic (exact) mass is 356 g/mol. The van der Waals surface area contributed by atoms with E-state index in [-0.39, 0.29) is 23.8 Å². The fourth-order valence-corrected chi connectivity index (χ4v) is 3.53. The van der Waals surface area contributed by atoms with Gasteiger partial charge in [-0.3, -0.25) is 9.80 Å². The van der Waals surface area contributed by atoms with Gasteiger partial charge in [-0.1, -0.05) is 0 Å². The zero-order valence-corrected chi connectivity index (χ0v) is 16.5. The van der Waals surface area contributed by atoms with Gasteiger partial charge in [-0.25, -0.2) is 4.79 Å². The normalized spacial score (nSPS) is 27.7. The molecule has 2 N–H and O–H groups in total. The number of carbonyl (C=O) groups excluding carboxylic acids is 1. The highest BCUT2D eigenvalue weighted by molar-refractivity contribution is 5.73. The van der Waals surface area contributed by atoms with Crippen molar-refractivity contribution in [1.82, 2.24) is 20.4 Å². The number of morpholine rings is 2. The minimum absolute atomic E-state index is 0.0949. The van der Waals surface area contributed by atoms with Crippen LogP contribution in [0.4, 0.5) is 4.79 Å². The molecule has 0 spiro atoms. The Bertz CT molecular complexity index is 417. The molecule has 0 radical (unpaired) electrons. The van der Waals surface area contributed by atoms with Crippen LogP contribution in [0.25, 0.3) is 0 Å². The van der Waals surface area contributed by atoms with Crippen molar-refractivity contribution in [3.8, 4) is 0 Å². The van der Waals surface area contributed by atoms with E-state index in [1.54, 1.807) is 0 Å². The molecule has 2 rings (SSSR count). The first-order valence-electron chi connectivity index (χ1n) is 9.52. The van der Waals surface area contributed by atoms with Gasteiger partial charge in [-0.2, -0.15) is 0 Å². The number of nitrogens with one attached hydrogen (secondary N) is 2. The predicted octanol–water partition coefficient (Wildman–Crippen LogP) is 0.894. The Kier molecular flexibility index (Phi) is 7.49. The fourth-order valence-electron chi connectivity index (χ4n) is 3.53. The third-order valence-electron chi connectivity index (χ3n) is 5.18. The molecule has 0 aromatic carbocycles. The van der Waals surface area contributed by atoms with E-state index in [2.05, 4.69) is 55.1 Å². The standard InChI is InChI=1S/C18H36N4O3/c1-14(21-6-8-24-9-7-21)10-19-17(23)20-13-18(4,5)22-11-15(2)25-16(3)12-22/h14-16H,6-13H2,1-5H3,(H2,19,20,23). The van der Waals surface area contributed by atoms with E-state index in [4.69, 9.17) is 9.47 Å². The van der Waals surface area contributed by atoms with Gasteiger partial charge in [0.05, 0.1) is 25.4 Å². The maximum absolute atomic E-state index is 12.2. The van der Waals surface area contributed by atoms with E-state index in [1.807, 2.05) is 0 Å². The Morgan fingerprint density at radius 2 is 1.76 bits per heavy atom. The van der Waals surface area contributed by atoms with Gasteiger partial charge in [0.2, 0.25) is 0 Å². The molecule has 3 atom stereocenters. The van der Waals surface area contributed by atoms with Gasteiger partial charge < -0.3 is 20.1 Å². The lowest BCUT2D eigenvalue weighted by atomic mass is 10.00. The average Bonchev–Trinajstić information content (AvgIpc) is 2.58. The van der Waals surface area contributed by atoms with Crippen molar-refractivity contribution < 1.29 is 14.3 Å². The highest BCUT2D eigenvalue weighted by Crippen LogP contribution is 2.20. The Labute approximate surface area is 152 Å². The molecule has 7 nitrogen and oxygen atoms in total. The van der Waals surface area contributed by atoms with Crippen LogP contribution in [0.3, 0.4) is 0 Å². The molecule has 2 aliphatic rings. The summed E-state index contributed by atoms with van der Waals surface area (Å²) < 4.78 is 11.2. The van der Waals surface area contributed by atoms with Gasteiger partial charge in [0, 0.05) is 50.8 Å². The van der Waals surface area contributed by atoms with E-state index < -0.39 is 0 Å². The molecule has 0 aliphatic carbocycles. The van der Waals surface area contributed by atoms with Crippen LogP contribution in [-0.4, -0.2) is 92.1 Å². The molecule has 25 heavy (non-hydrogen) atoms. The Morgan fingerprint density at radius 3 is 2.36 bits per heavy atom. The van der Waals surface area contributed by atoms with E-state index in [0.717, 1.165) is 39.4 Å². The lowest BCUT2D eigenvalue weighted by molar-refractivity contribution is -0.0947. The van der Waals surface area contributed by atoms with E-state index in [0.29, 0.717) is 19.1 Å². The zero-order valence-electron chi connectivity index (χ0n) is 16.5. The van der Waals surface area contributed by atoms with Gasteiger partial charge in [0.15, 0.2) is 0 Å². The van der Waals surface area contributed by atoms with Crippen molar-refractivity contribution in [2.24, 2.45) is 0 Å². The first kappa shape index (κ1) is 20.4. The van der Waals surface area contributed by atoms with Gasteiger partial charge in [-0.05, 0) is 34.6 Å². The maximum atomic E-state index is 12.2. The zero-order chi connectivity index (χ0) is 18.4. The van der Waals surface area contributed by atoms with Crippen LogP contribution in [0, 0.1) is 0 Å². The second kappa shape index (κ2) is 9.16. The second-order valence-electron chi connectivity index (χ2n) is 8.04. The number of ether oxygens (including phenoxy) is 2. The van der Waals surface area contributed by atoms with Crippen molar-refractivity contribution in [3.05, 3.63) is 0 Å². The Balaban J connectivity index is 1.71. The van der Waals surface area contributed by atoms with Crippen molar-refractivity contribution in [2.75, 3.05) is 52.5 Å². The fraction of sp³-hybridized carbons (Fsp3) is 0.944. The lowest BCUT2D eigenvalue weighted by Gasteiger charge is -2.45. The topological polar surface area (TPSA) is 66.1 Å². The lowest BCUT2D eigenvalue weighted by Crippen LogP contribution is -2.59. The van der Waals surface area contributed by atoms with Gasteiger partial charge in [-0.15, -0.1) is 0 Å². The molecule has 0 bridgehead atoms. The van der Waals surface area contributed by atoms with E-state index in [9.17, 15) is 4.79 Å². The SMILES string of the molecule is CC1CN(C(C)(C)CNC(=O)NCC(C)N2CCOCC2)CC(C)O1. The van der Waals surface area contributed by atoms with Crippen LogP contribution in [0.15, 0.2) is 0 Å². The number of nitrogens with zero attached hydrogens (tertiary/aromatic N) is 2. The Hall–Kier alpha value is -0.890. The molecule has 2 amide bonds. The molecule has 2 fully saturated rings. The van der Waals surface area contributed by atoms with Crippen molar-refractivity contribution in [3.63, 3.8) is 0 Å². The summed E-state index contributed by atoms with van der Waals surface area (Å²) in [7, 11) is 0. The summed E-state index contributed by atoms with van der Waals surface area (Å²) in [4.78, 5) is 16.9. The molecule has 7 heteroatoms. The van der Waals surface area contributed by atoms with Gasteiger partial charge in [0.25, 0.3) is 0 Å². The third kappa shape index (κ3) is 6.40. The number of rotatable bonds is 6. The molecule has 2 saturated heterocycles. The number of carbonyl (C=O) groups is 1. The first-order chi connectivity index (χ1) is 11.8. The number of amides is 2. The minimum Gasteiger partial charge on any atom is -0.379 e. The highest BCUT2D eigenvalue weighted by atomic mass is 16.5. The van der Waals surface area contributed by atoms with Crippen LogP contribution in [-0.2, 0) is 9.47 Å². The van der Waals surface area contributed by atoms with Crippen LogP contribution in [0.1, 0.15) is 34.6 Å². The summed E-state index contributed by atoms with van der Waals surface area (Å²) in [5.74, 6) is 0. The molecule has 3 unspecified atom stereocenters. The van der Waals surface area contributed by atoms with E-state index >= 15 is 0 Å². The number of hydrogen-bond acceptors (Lipinski definition) is 5. The molecule has 2 heterocycles. The smallest absolute Gasteiger partial charge is 0.314 e. The predicted molar refractivity (Wildman–Crippen MR) is 98.9 cm³/mol. The van der Waals surface area contributed by atoms with Crippen LogP contribution in [0.2, 0.25) is 0 Å². The number of hydrogen-bond donors (Lipinski definition) is 2. The Morgan fingerprint density at radius 1 is 1.16 bits per heavy atom. The van der Waals surface area contributed by atoms with Crippen LogP contribution >= 0.6 is 0 Å². The summed E-state index contributed by atoms with van der Waals surface area (Å²) in [5.41, 5.74) is -0.0978. The molecular formula is C18H36N4O3. The molecular weight excluding hydrogens is 320 g/mol. The quantitative estimate of drug-likeness (QED) is 0.740. The number of urea groups is 1. The first-order valence-corrected chi connectivity index (χ1v) is 9.52. The molecule has 0 saturated carbocycles. The largest absolute Gasteiger partial charge is 0.379 e. The average molecular weight is 357 g/mol.